The van der Waals surface area contributed by atoms with Crippen molar-refractivity contribution in [3.63, 3.8) is 0 Å². The first kappa shape index (κ1) is 15.5. The van der Waals surface area contributed by atoms with Gasteiger partial charge in [0.25, 0.3) is 16.4 Å². The number of thiophene rings is 1. The predicted octanol–water partition coefficient (Wildman–Crippen LogP) is 1.56. The lowest BCUT2D eigenvalue weighted by Crippen LogP contribution is -2.36. The van der Waals surface area contributed by atoms with E-state index in [1.54, 1.807) is 6.07 Å². The molecule has 0 aliphatic carbocycles. The largest absolute Gasteiger partial charge is 0.395 e. The Morgan fingerprint density at radius 2 is 2.11 bits per heavy atom. The summed E-state index contributed by atoms with van der Waals surface area (Å²) in [6.07, 6.45) is -2.08. The fourth-order valence-corrected chi connectivity index (χ4v) is 4.25. The third kappa shape index (κ3) is 3.71. The van der Waals surface area contributed by atoms with Crippen LogP contribution >= 0.6 is 11.3 Å². The number of aryl methyl sites for hydroxylation is 1. The number of rotatable bonds is 7. The van der Waals surface area contributed by atoms with Gasteiger partial charge in [-0.15, -0.1) is 11.3 Å². The summed E-state index contributed by atoms with van der Waals surface area (Å²) in [7, 11) is -3.94. The van der Waals surface area contributed by atoms with Gasteiger partial charge >= 0.3 is 0 Å². The number of aliphatic hydroxyl groups excluding tert-OH is 1. The average molecular weight is 299 g/mol. The molecule has 0 saturated carbocycles. The highest BCUT2D eigenvalue weighted by Crippen LogP contribution is 2.25. The van der Waals surface area contributed by atoms with Gasteiger partial charge in [0, 0.05) is 11.4 Å². The number of halogens is 2. The van der Waals surface area contributed by atoms with Crippen molar-refractivity contribution in [2.24, 2.45) is 0 Å². The van der Waals surface area contributed by atoms with E-state index in [9.17, 15) is 17.2 Å². The van der Waals surface area contributed by atoms with E-state index < -0.39 is 29.6 Å². The molecule has 0 atom stereocenters. The molecule has 0 unspecified atom stereocenters. The van der Waals surface area contributed by atoms with Crippen LogP contribution in [-0.4, -0.2) is 44.0 Å². The molecule has 8 heteroatoms. The standard InChI is InChI=1S/C10H15F2NO3S2/c1-2-8-3-4-10(17-8)18(15,16)13(5-6-14)7-9(11)12/h3-4,9,14H,2,5-7H2,1H3. The molecule has 1 heterocycles. The molecule has 18 heavy (non-hydrogen) atoms. The molecule has 104 valence electrons. The molecule has 0 aliphatic heterocycles. The van der Waals surface area contributed by atoms with Gasteiger partial charge in [0.1, 0.15) is 4.21 Å². The van der Waals surface area contributed by atoms with Crippen LogP contribution in [0.2, 0.25) is 0 Å². The van der Waals surface area contributed by atoms with E-state index in [1.807, 2.05) is 6.92 Å². The van der Waals surface area contributed by atoms with Crippen molar-refractivity contribution in [2.75, 3.05) is 19.7 Å². The summed E-state index contributed by atoms with van der Waals surface area (Å²) in [5.41, 5.74) is 0. The van der Waals surface area contributed by atoms with Gasteiger partial charge in [-0.25, -0.2) is 17.2 Å². The average Bonchev–Trinajstić information content (AvgIpc) is 2.77. The molecule has 0 fully saturated rings. The van der Waals surface area contributed by atoms with Crippen molar-refractivity contribution >= 4 is 21.4 Å². The van der Waals surface area contributed by atoms with Gasteiger partial charge < -0.3 is 5.11 Å². The fraction of sp³-hybridized carbons (Fsp3) is 0.600. The fourth-order valence-electron chi connectivity index (χ4n) is 1.39. The topological polar surface area (TPSA) is 57.6 Å². The first-order chi connectivity index (χ1) is 8.41. The molecule has 1 aromatic rings. The van der Waals surface area contributed by atoms with Crippen molar-refractivity contribution in [3.05, 3.63) is 17.0 Å². The van der Waals surface area contributed by atoms with Crippen LogP contribution in [0.15, 0.2) is 16.3 Å². The summed E-state index contributed by atoms with van der Waals surface area (Å²) in [4.78, 5) is 0.870. The van der Waals surface area contributed by atoms with Crippen LogP contribution in [-0.2, 0) is 16.4 Å². The van der Waals surface area contributed by atoms with Crippen molar-refractivity contribution in [1.82, 2.24) is 4.31 Å². The van der Waals surface area contributed by atoms with Crippen LogP contribution in [0.3, 0.4) is 0 Å². The Bertz CT molecular complexity index is 473. The third-order valence-electron chi connectivity index (χ3n) is 2.27. The molecule has 1 rings (SSSR count). The molecule has 1 aromatic heterocycles. The number of aliphatic hydroxyl groups is 1. The summed E-state index contributed by atoms with van der Waals surface area (Å²) in [6, 6.07) is 3.08. The van der Waals surface area contributed by atoms with Crippen LogP contribution in [0, 0.1) is 0 Å². The first-order valence-electron chi connectivity index (χ1n) is 5.39. The number of hydrogen-bond acceptors (Lipinski definition) is 4. The first-order valence-corrected chi connectivity index (χ1v) is 7.65. The molecule has 0 bridgehead atoms. The molecule has 0 radical (unpaired) electrons. The lowest BCUT2D eigenvalue weighted by Gasteiger charge is -2.19. The van der Waals surface area contributed by atoms with Crippen LogP contribution in [0.25, 0.3) is 0 Å². The molecule has 4 nitrogen and oxygen atoms in total. The lowest BCUT2D eigenvalue weighted by atomic mass is 10.4. The van der Waals surface area contributed by atoms with Gasteiger partial charge in [-0.2, -0.15) is 4.31 Å². The van der Waals surface area contributed by atoms with Gasteiger partial charge in [-0.3, -0.25) is 0 Å². The van der Waals surface area contributed by atoms with Crippen LogP contribution in [0.4, 0.5) is 8.78 Å². The summed E-state index contributed by atoms with van der Waals surface area (Å²) in [6.45, 7) is 0.166. The van der Waals surface area contributed by atoms with Gasteiger partial charge in [0.15, 0.2) is 0 Å². The summed E-state index contributed by atoms with van der Waals surface area (Å²) in [5, 5.41) is 8.76. The normalized spacial score (nSPS) is 12.6. The van der Waals surface area contributed by atoms with E-state index >= 15 is 0 Å². The maximum absolute atomic E-state index is 12.3. The van der Waals surface area contributed by atoms with Crippen LogP contribution < -0.4 is 0 Å². The third-order valence-corrected chi connectivity index (χ3v) is 5.83. The molecule has 0 saturated heterocycles. The van der Waals surface area contributed by atoms with Gasteiger partial charge in [-0.05, 0) is 18.6 Å². The zero-order chi connectivity index (χ0) is 13.8. The number of nitrogens with zero attached hydrogens (tertiary/aromatic N) is 1. The molecule has 0 aliphatic rings. The predicted molar refractivity (Wildman–Crippen MR) is 65.5 cm³/mol. The maximum Gasteiger partial charge on any atom is 0.252 e. The molecule has 0 aromatic carbocycles. The molecular formula is C10H15F2NO3S2. The minimum absolute atomic E-state index is 0.0356. The quantitative estimate of drug-likeness (QED) is 0.831. The Morgan fingerprint density at radius 1 is 1.44 bits per heavy atom. The number of sulfonamides is 1. The monoisotopic (exact) mass is 299 g/mol. The molecule has 0 amide bonds. The highest BCUT2D eigenvalue weighted by molar-refractivity contribution is 7.91. The molecular weight excluding hydrogens is 284 g/mol. The number of alkyl halides is 2. The molecule has 1 N–H and O–H groups in total. The Labute approximate surface area is 109 Å². The lowest BCUT2D eigenvalue weighted by molar-refractivity contribution is 0.113. The SMILES string of the molecule is CCc1ccc(S(=O)(=O)N(CCO)CC(F)F)s1. The van der Waals surface area contributed by atoms with Crippen molar-refractivity contribution in [3.8, 4) is 0 Å². The Kier molecular flexibility index (Phi) is 5.64. The van der Waals surface area contributed by atoms with Crippen molar-refractivity contribution in [1.29, 1.82) is 0 Å². The summed E-state index contributed by atoms with van der Waals surface area (Å²) < 4.78 is 49.5. The maximum atomic E-state index is 12.3. The zero-order valence-corrected chi connectivity index (χ0v) is 11.5. The Balaban J connectivity index is 3.00. The van der Waals surface area contributed by atoms with Crippen molar-refractivity contribution in [2.45, 2.75) is 24.0 Å². The Morgan fingerprint density at radius 3 is 2.56 bits per heavy atom. The van der Waals surface area contributed by atoms with Crippen molar-refractivity contribution < 1.29 is 22.3 Å². The summed E-state index contributed by atoms with van der Waals surface area (Å²) in [5.74, 6) is 0. The van der Waals surface area contributed by atoms with E-state index in [-0.39, 0.29) is 10.8 Å². The van der Waals surface area contributed by atoms with E-state index in [0.29, 0.717) is 10.7 Å². The van der Waals surface area contributed by atoms with E-state index in [1.165, 1.54) is 6.07 Å². The van der Waals surface area contributed by atoms with Crippen LogP contribution in [0.5, 0.6) is 0 Å². The van der Waals surface area contributed by atoms with Gasteiger partial charge in [0.05, 0.1) is 13.2 Å². The second kappa shape index (κ2) is 6.55. The summed E-state index contributed by atoms with van der Waals surface area (Å²) >= 11 is 1.06. The zero-order valence-electron chi connectivity index (χ0n) is 9.84. The highest BCUT2D eigenvalue weighted by atomic mass is 32.2. The van der Waals surface area contributed by atoms with E-state index in [2.05, 4.69) is 0 Å². The van der Waals surface area contributed by atoms with E-state index in [4.69, 9.17) is 5.11 Å². The van der Waals surface area contributed by atoms with Crippen LogP contribution in [0.1, 0.15) is 11.8 Å². The van der Waals surface area contributed by atoms with E-state index in [0.717, 1.165) is 16.2 Å². The Hall–Kier alpha value is -0.570. The van der Waals surface area contributed by atoms with Gasteiger partial charge in [0.2, 0.25) is 0 Å². The minimum Gasteiger partial charge on any atom is -0.395 e. The smallest absolute Gasteiger partial charge is 0.252 e. The second-order valence-electron chi connectivity index (χ2n) is 3.55. The van der Waals surface area contributed by atoms with Gasteiger partial charge in [-0.1, -0.05) is 6.92 Å². The second-order valence-corrected chi connectivity index (χ2v) is 6.89. The minimum atomic E-state index is -3.94. The molecule has 0 spiro atoms. The highest BCUT2D eigenvalue weighted by Gasteiger charge is 2.28. The number of hydrogen-bond donors (Lipinski definition) is 1.